The fraction of sp³-hybridized carbons (Fsp3) is 0.926. The number of hydrogen-bond donors (Lipinski definition) is 2. The normalized spacial score (nSPS) is 11.1. The van der Waals surface area contributed by atoms with Crippen LogP contribution in [0.1, 0.15) is 116 Å². The SMILES string of the molecule is CCCCOCCOCCOCCCNC(=O)CCCCCCCCCCCCCCC(=O)O. The van der Waals surface area contributed by atoms with Crippen LogP contribution in [0.25, 0.3) is 0 Å². The maximum Gasteiger partial charge on any atom is 0.303 e. The first-order valence-corrected chi connectivity index (χ1v) is 13.9. The summed E-state index contributed by atoms with van der Waals surface area (Å²) in [6.45, 7) is 6.69. The zero-order valence-electron chi connectivity index (χ0n) is 22.0. The Labute approximate surface area is 208 Å². The predicted octanol–water partition coefficient (Wildman–Crippen LogP) is 5.89. The molecule has 0 aliphatic rings. The molecule has 0 aromatic rings. The van der Waals surface area contributed by atoms with Gasteiger partial charge in [0, 0.05) is 32.6 Å². The third-order valence-corrected chi connectivity index (χ3v) is 5.72. The summed E-state index contributed by atoms with van der Waals surface area (Å²) in [5, 5.41) is 11.6. The summed E-state index contributed by atoms with van der Waals surface area (Å²) in [4.78, 5) is 22.3. The highest BCUT2D eigenvalue weighted by Crippen LogP contribution is 2.13. The summed E-state index contributed by atoms with van der Waals surface area (Å²) in [6, 6.07) is 0. The van der Waals surface area contributed by atoms with Crippen molar-refractivity contribution in [3.8, 4) is 0 Å². The van der Waals surface area contributed by atoms with Crippen molar-refractivity contribution in [2.75, 3.05) is 46.2 Å². The summed E-state index contributed by atoms with van der Waals surface area (Å²) >= 11 is 0. The number of carboxylic acids is 1. The average Bonchev–Trinajstić information content (AvgIpc) is 2.82. The first kappa shape index (κ1) is 32.8. The second-order valence-corrected chi connectivity index (χ2v) is 9.03. The zero-order chi connectivity index (χ0) is 25.0. The highest BCUT2D eigenvalue weighted by atomic mass is 16.5. The zero-order valence-corrected chi connectivity index (χ0v) is 22.0. The van der Waals surface area contributed by atoms with Gasteiger partial charge in [0.15, 0.2) is 0 Å². The fourth-order valence-corrected chi connectivity index (χ4v) is 3.61. The second-order valence-electron chi connectivity index (χ2n) is 9.03. The molecular formula is C27H53NO6. The minimum absolute atomic E-state index is 0.148. The van der Waals surface area contributed by atoms with Crippen LogP contribution in [0.2, 0.25) is 0 Å². The quantitative estimate of drug-likeness (QED) is 0.134. The van der Waals surface area contributed by atoms with E-state index in [0.29, 0.717) is 52.4 Å². The number of carbonyl (C=O) groups is 2. The number of carboxylic acid groups (broad SMARTS) is 1. The van der Waals surface area contributed by atoms with Gasteiger partial charge in [-0.05, 0) is 25.7 Å². The van der Waals surface area contributed by atoms with Gasteiger partial charge in [-0.3, -0.25) is 9.59 Å². The monoisotopic (exact) mass is 487 g/mol. The van der Waals surface area contributed by atoms with Crippen molar-refractivity contribution in [3.05, 3.63) is 0 Å². The molecular weight excluding hydrogens is 434 g/mol. The summed E-state index contributed by atoms with van der Waals surface area (Å²) in [5.74, 6) is -0.534. The van der Waals surface area contributed by atoms with E-state index in [1.54, 1.807) is 0 Å². The van der Waals surface area contributed by atoms with Gasteiger partial charge >= 0.3 is 5.97 Å². The molecule has 0 aromatic heterocycles. The largest absolute Gasteiger partial charge is 0.481 e. The lowest BCUT2D eigenvalue weighted by atomic mass is 10.0. The van der Waals surface area contributed by atoms with Gasteiger partial charge in [0.05, 0.1) is 26.4 Å². The van der Waals surface area contributed by atoms with Crippen LogP contribution in [0.3, 0.4) is 0 Å². The third kappa shape index (κ3) is 28.9. The van der Waals surface area contributed by atoms with E-state index in [-0.39, 0.29) is 5.91 Å². The molecule has 0 atom stereocenters. The topological polar surface area (TPSA) is 94.1 Å². The summed E-state index contributed by atoms with van der Waals surface area (Å²) in [7, 11) is 0. The molecule has 7 nitrogen and oxygen atoms in total. The number of amides is 1. The minimum Gasteiger partial charge on any atom is -0.481 e. The minimum atomic E-state index is -0.682. The molecule has 0 fully saturated rings. The standard InChI is InChI=1S/C27H53NO6/c1-2-3-20-32-22-24-34-25-23-33-21-16-19-28-26(29)17-14-12-10-8-6-4-5-7-9-11-13-15-18-27(30)31/h2-25H2,1H3,(H,28,29)(H,30,31). The maximum atomic E-state index is 11.9. The summed E-state index contributed by atoms with van der Waals surface area (Å²) in [6.07, 6.45) is 17.9. The van der Waals surface area contributed by atoms with E-state index in [2.05, 4.69) is 12.2 Å². The average molecular weight is 488 g/mol. The lowest BCUT2D eigenvalue weighted by Gasteiger charge is -2.07. The number of hydrogen-bond acceptors (Lipinski definition) is 5. The Morgan fingerprint density at radius 3 is 1.44 bits per heavy atom. The number of nitrogens with one attached hydrogen (secondary N) is 1. The number of unbranched alkanes of at least 4 members (excludes halogenated alkanes) is 12. The van der Waals surface area contributed by atoms with E-state index >= 15 is 0 Å². The van der Waals surface area contributed by atoms with E-state index < -0.39 is 5.97 Å². The molecule has 0 spiro atoms. The van der Waals surface area contributed by atoms with Gasteiger partial charge in [0.2, 0.25) is 5.91 Å². The van der Waals surface area contributed by atoms with Gasteiger partial charge in [-0.1, -0.05) is 77.6 Å². The van der Waals surface area contributed by atoms with E-state index in [9.17, 15) is 9.59 Å². The number of rotatable bonds is 28. The van der Waals surface area contributed by atoms with Crippen LogP contribution in [0.4, 0.5) is 0 Å². The molecule has 0 aliphatic heterocycles. The molecule has 0 aliphatic carbocycles. The van der Waals surface area contributed by atoms with Crippen LogP contribution in [0.15, 0.2) is 0 Å². The van der Waals surface area contributed by atoms with Crippen molar-refractivity contribution in [2.45, 2.75) is 116 Å². The van der Waals surface area contributed by atoms with E-state index in [0.717, 1.165) is 58.0 Å². The molecule has 0 saturated carbocycles. The molecule has 0 heterocycles. The molecule has 0 radical (unpaired) electrons. The molecule has 7 heteroatoms. The van der Waals surface area contributed by atoms with Gasteiger partial charge in [-0.25, -0.2) is 0 Å². The summed E-state index contributed by atoms with van der Waals surface area (Å²) in [5.41, 5.74) is 0. The van der Waals surface area contributed by atoms with E-state index in [1.807, 2.05) is 0 Å². The van der Waals surface area contributed by atoms with E-state index in [1.165, 1.54) is 44.9 Å². The third-order valence-electron chi connectivity index (χ3n) is 5.72. The summed E-state index contributed by atoms with van der Waals surface area (Å²) < 4.78 is 16.4. The smallest absolute Gasteiger partial charge is 0.303 e. The Bertz CT molecular complexity index is 447. The van der Waals surface area contributed by atoms with Gasteiger partial charge in [0.1, 0.15) is 0 Å². The van der Waals surface area contributed by atoms with Crippen LogP contribution in [0.5, 0.6) is 0 Å². The van der Waals surface area contributed by atoms with E-state index in [4.69, 9.17) is 19.3 Å². The molecule has 0 unspecified atom stereocenters. The first-order chi connectivity index (χ1) is 16.7. The van der Waals surface area contributed by atoms with Crippen LogP contribution >= 0.6 is 0 Å². The van der Waals surface area contributed by atoms with Gasteiger partial charge < -0.3 is 24.6 Å². The Morgan fingerprint density at radius 2 is 0.971 bits per heavy atom. The molecule has 202 valence electrons. The van der Waals surface area contributed by atoms with Gasteiger partial charge in [-0.15, -0.1) is 0 Å². The van der Waals surface area contributed by atoms with Crippen molar-refractivity contribution >= 4 is 11.9 Å². The van der Waals surface area contributed by atoms with Crippen LogP contribution < -0.4 is 5.32 Å². The molecule has 34 heavy (non-hydrogen) atoms. The predicted molar refractivity (Wildman–Crippen MR) is 137 cm³/mol. The lowest BCUT2D eigenvalue weighted by Crippen LogP contribution is -2.25. The molecule has 0 rings (SSSR count). The van der Waals surface area contributed by atoms with Crippen molar-refractivity contribution in [1.29, 1.82) is 0 Å². The van der Waals surface area contributed by atoms with Crippen molar-refractivity contribution < 1.29 is 28.9 Å². The second kappa shape index (κ2) is 28.1. The Morgan fingerprint density at radius 1 is 0.559 bits per heavy atom. The molecule has 1 amide bonds. The maximum absolute atomic E-state index is 11.9. The number of aliphatic carboxylic acids is 1. The van der Waals surface area contributed by atoms with Crippen molar-refractivity contribution in [1.82, 2.24) is 5.32 Å². The number of ether oxygens (including phenoxy) is 3. The van der Waals surface area contributed by atoms with Gasteiger partial charge in [-0.2, -0.15) is 0 Å². The Balaban J connectivity index is 3.15. The van der Waals surface area contributed by atoms with Crippen molar-refractivity contribution in [3.63, 3.8) is 0 Å². The molecule has 2 N–H and O–H groups in total. The van der Waals surface area contributed by atoms with Crippen LogP contribution in [-0.2, 0) is 23.8 Å². The Hall–Kier alpha value is -1.18. The number of carbonyl (C=O) groups excluding carboxylic acids is 1. The molecule has 0 saturated heterocycles. The molecule has 0 bridgehead atoms. The van der Waals surface area contributed by atoms with Crippen LogP contribution in [0, 0.1) is 0 Å². The lowest BCUT2D eigenvalue weighted by molar-refractivity contribution is -0.137. The fourth-order valence-electron chi connectivity index (χ4n) is 3.61. The first-order valence-electron chi connectivity index (χ1n) is 13.9. The Kier molecular flexibility index (Phi) is 27.1. The highest BCUT2D eigenvalue weighted by molar-refractivity contribution is 5.75. The van der Waals surface area contributed by atoms with Crippen molar-refractivity contribution in [2.24, 2.45) is 0 Å². The van der Waals surface area contributed by atoms with Crippen LogP contribution in [-0.4, -0.2) is 63.2 Å². The highest BCUT2D eigenvalue weighted by Gasteiger charge is 2.01. The molecule has 0 aromatic carbocycles. The van der Waals surface area contributed by atoms with Gasteiger partial charge in [0.25, 0.3) is 0 Å².